The van der Waals surface area contributed by atoms with Gasteiger partial charge in [0.25, 0.3) is 5.91 Å². The highest BCUT2D eigenvalue weighted by Gasteiger charge is 2.13. The van der Waals surface area contributed by atoms with E-state index >= 15 is 0 Å². The Morgan fingerprint density at radius 2 is 1.82 bits per heavy atom. The average molecular weight is 396 g/mol. The minimum Gasteiger partial charge on any atom is -0.359 e. The second-order valence-electron chi connectivity index (χ2n) is 5.95. The average Bonchev–Trinajstić information content (AvgIpc) is 3.20. The second-order valence-corrected chi connectivity index (χ2v) is 6.38. The van der Waals surface area contributed by atoms with Crippen molar-refractivity contribution in [3.63, 3.8) is 0 Å². The van der Waals surface area contributed by atoms with Crippen LogP contribution in [0.4, 0.5) is 0 Å². The number of aromatic nitrogens is 1. The molecule has 1 heterocycles. The van der Waals surface area contributed by atoms with Crippen LogP contribution < -0.4 is 10.6 Å². The summed E-state index contributed by atoms with van der Waals surface area (Å²) in [4.78, 5) is 23.9. The summed E-state index contributed by atoms with van der Waals surface area (Å²) < 4.78 is 5.29. The van der Waals surface area contributed by atoms with Crippen LogP contribution in [0.5, 0.6) is 0 Å². The van der Waals surface area contributed by atoms with Gasteiger partial charge in [-0.3, -0.25) is 9.59 Å². The Balaban J connectivity index is 1.64. The molecule has 0 spiro atoms. The van der Waals surface area contributed by atoms with Gasteiger partial charge in [0.15, 0.2) is 5.76 Å². The summed E-state index contributed by atoms with van der Waals surface area (Å²) in [6, 6.07) is 16.0. The molecule has 6 nitrogen and oxygen atoms in total. The van der Waals surface area contributed by atoms with Crippen molar-refractivity contribution in [2.75, 3.05) is 0 Å². The molecule has 2 amide bonds. The number of carbonyl (C=O) groups excluding carboxylic acids is 2. The van der Waals surface area contributed by atoms with Gasteiger partial charge >= 0.3 is 0 Å². The Morgan fingerprint density at radius 1 is 1.07 bits per heavy atom. The van der Waals surface area contributed by atoms with Crippen LogP contribution in [0.2, 0.25) is 5.02 Å². The molecule has 2 aromatic carbocycles. The molecule has 28 heavy (non-hydrogen) atoms. The molecule has 142 valence electrons. The van der Waals surface area contributed by atoms with E-state index in [4.69, 9.17) is 16.1 Å². The number of nitrogens with one attached hydrogen (secondary N) is 2. The quantitative estimate of drug-likeness (QED) is 0.597. The summed E-state index contributed by atoms with van der Waals surface area (Å²) in [5.41, 5.74) is 2.71. The SMILES string of the molecule is C=CC(=O)NCc1ccccc1C(=O)NCc1cc(-c2ccc(Cl)cc2)no1. The molecule has 0 bridgehead atoms. The zero-order valence-electron chi connectivity index (χ0n) is 14.9. The number of amides is 2. The van der Waals surface area contributed by atoms with E-state index in [9.17, 15) is 9.59 Å². The van der Waals surface area contributed by atoms with E-state index in [0.717, 1.165) is 5.56 Å². The van der Waals surface area contributed by atoms with E-state index < -0.39 is 0 Å². The highest BCUT2D eigenvalue weighted by molar-refractivity contribution is 6.30. The molecule has 1 aromatic heterocycles. The van der Waals surface area contributed by atoms with Gasteiger partial charge in [-0.05, 0) is 29.8 Å². The first-order valence-electron chi connectivity index (χ1n) is 8.54. The van der Waals surface area contributed by atoms with E-state index in [1.165, 1.54) is 6.08 Å². The van der Waals surface area contributed by atoms with Gasteiger partial charge in [0.05, 0.1) is 6.54 Å². The summed E-state index contributed by atoms with van der Waals surface area (Å²) in [6.45, 7) is 3.83. The van der Waals surface area contributed by atoms with Gasteiger partial charge < -0.3 is 15.2 Å². The first-order valence-corrected chi connectivity index (χ1v) is 8.92. The smallest absolute Gasteiger partial charge is 0.252 e. The topological polar surface area (TPSA) is 84.2 Å². The molecule has 7 heteroatoms. The Morgan fingerprint density at radius 3 is 2.57 bits per heavy atom. The Bertz CT molecular complexity index is 996. The van der Waals surface area contributed by atoms with E-state index in [-0.39, 0.29) is 24.9 Å². The molecular formula is C21H18ClN3O3. The lowest BCUT2D eigenvalue weighted by Crippen LogP contribution is -2.26. The van der Waals surface area contributed by atoms with Crippen LogP contribution in [0, 0.1) is 0 Å². The van der Waals surface area contributed by atoms with Crippen LogP contribution >= 0.6 is 11.6 Å². The predicted octanol–water partition coefficient (Wildman–Crippen LogP) is 3.73. The van der Waals surface area contributed by atoms with Gasteiger partial charge in [-0.1, -0.05) is 53.7 Å². The fraction of sp³-hybridized carbons (Fsp3) is 0.0952. The third kappa shape index (κ3) is 4.86. The molecule has 0 aliphatic carbocycles. The minimum atomic E-state index is -0.299. The molecule has 0 unspecified atom stereocenters. The molecule has 0 saturated heterocycles. The number of halogens is 1. The van der Waals surface area contributed by atoms with E-state index in [1.807, 2.05) is 12.1 Å². The van der Waals surface area contributed by atoms with Crippen LogP contribution in [0.15, 0.2) is 71.8 Å². The van der Waals surface area contributed by atoms with E-state index in [2.05, 4.69) is 22.4 Å². The Labute approximate surface area is 167 Å². The van der Waals surface area contributed by atoms with Gasteiger partial charge in [-0.2, -0.15) is 0 Å². The van der Waals surface area contributed by atoms with Crippen molar-refractivity contribution in [1.29, 1.82) is 0 Å². The molecule has 0 fully saturated rings. The molecule has 3 rings (SSSR count). The van der Waals surface area contributed by atoms with Crippen molar-refractivity contribution < 1.29 is 14.1 Å². The van der Waals surface area contributed by atoms with Crippen molar-refractivity contribution in [3.8, 4) is 11.3 Å². The van der Waals surface area contributed by atoms with Gasteiger partial charge in [0, 0.05) is 28.8 Å². The first-order chi connectivity index (χ1) is 13.6. The molecule has 0 radical (unpaired) electrons. The fourth-order valence-electron chi connectivity index (χ4n) is 2.57. The van der Waals surface area contributed by atoms with Crippen molar-refractivity contribution >= 4 is 23.4 Å². The lowest BCUT2D eigenvalue weighted by Gasteiger charge is -2.09. The monoisotopic (exact) mass is 395 g/mol. The highest BCUT2D eigenvalue weighted by Crippen LogP contribution is 2.21. The number of rotatable bonds is 7. The molecule has 0 saturated carbocycles. The second kappa shape index (κ2) is 9.01. The summed E-state index contributed by atoms with van der Waals surface area (Å²) >= 11 is 5.89. The van der Waals surface area contributed by atoms with Crippen LogP contribution in [0.1, 0.15) is 21.7 Å². The summed E-state index contributed by atoms with van der Waals surface area (Å²) in [5, 5.41) is 10.1. The maximum atomic E-state index is 12.5. The predicted molar refractivity (Wildman–Crippen MR) is 107 cm³/mol. The normalized spacial score (nSPS) is 10.3. The number of hydrogen-bond donors (Lipinski definition) is 2. The van der Waals surface area contributed by atoms with Crippen LogP contribution in [0.3, 0.4) is 0 Å². The summed E-state index contributed by atoms with van der Waals surface area (Å²) in [7, 11) is 0. The first kappa shape index (κ1) is 19.4. The van der Waals surface area contributed by atoms with Crippen molar-refractivity contribution in [3.05, 3.63) is 89.2 Å². The van der Waals surface area contributed by atoms with Crippen LogP contribution in [-0.4, -0.2) is 17.0 Å². The summed E-state index contributed by atoms with van der Waals surface area (Å²) in [5.74, 6) is -0.0461. The molecule has 3 aromatic rings. The standard InChI is InChI=1S/C21H18ClN3O3/c1-2-20(26)23-12-15-5-3-4-6-18(15)21(27)24-13-17-11-19(25-28-17)14-7-9-16(22)10-8-14/h2-11H,1,12-13H2,(H,23,26)(H,24,27). The maximum Gasteiger partial charge on any atom is 0.252 e. The third-order valence-corrected chi connectivity index (χ3v) is 4.27. The maximum absolute atomic E-state index is 12.5. The number of benzene rings is 2. The van der Waals surface area contributed by atoms with Crippen LogP contribution in [-0.2, 0) is 17.9 Å². The Kier molecular flexibility index (Phi) is 6.24. The van der Waals surface area contributed by atoms with Crippen LogP contribution in [0.25, 0.3) is 11.3 Å². The van der Waals surface area contributed by atoms with Crippen molar-refractivity contribution in [2.24, 2.45) is 0 Å². The molecular weight excluding hydrogens is 378 g/mol. The minimum absolute atomic E-state index is 0.187. The van der Waals surface area contributed by atoms with Crippen molar-refractivity contribution in [1.82, 2.24) is 15.8 Å². The van der Waals surface area contributed by atoms with Gasteiger partial charge in [0.2, 0.25) is 5.91 Å². The molecule has 2 N–H and O–H groups in total. The molecule has 0 aliphatic heterocycles. The van der Waals surface area contributed by atoms with Gasteiger partial charge in [-0.15, -0.1) is 0 Å². The molecule has 0 atom stereocenters. The lowest BCUT2D eigenvalue weighted by atomic mass is 10.1. The molecule has 0 aliphatic rings. The van der Waals surface area contributed by atoms with Gasteiger partial charge in [0.1, 0.15) is 5.69 Å². The highest BCUT2D eigenvalue weighted by atomic mass is 35.5. The Hall–Kier alpha value is -3.38. The van der Waals surface area contributed by atoms with E-state index in [0.29, 0.717) is 27.6 Å². The zero-order valence-corrected chi connectivity index (χ0v) is 15.7. The number of carbonyl (C=O) groups is 2. The van der Waals surface area contributed by atoms with E-state index in [1.54, 1.807) is 42.5 Å². The van der Waals surface area contributed by atoms with Crippen molar-refractivity contribution in [2.45, 2.75) is 13.1 Å². The zero-order chi connectivity index (χ0) is 19.9. The lowest BCUT2D eigenvalue weighted by molar-refractivity contribution is -0.116. The largest absolute Gasteiger partial charge is 0.359 e. The number of hydrogen-bond acceptors (Lipinski definition) is 4. The fourth-order valence-corrected chi connectivity index (χ4v) is 2.69. The number of nitrogens with zero attached hydrogens (tertiary/aromatic N) is 1. The third-order valence-electron chi connectivity index (χ3n) is 4.02. The van der Waals surface area contributed by atoms with Gasteiger partial charge in [-0.25, -0.2) is 0 Å². The summed E-state index contributed by atoms with van der Waals surface area (Å²) in [6.07, 6.45) is 1.19.